The minimum Gasteiger partial charge on any atom is -0.407 e. The van der Waals surface area contributed by atoms with E-state index in [1.165, 1.54) is 4.88 Å². The summed E-state index contributed by atoms with van der Waals surface area (Å²) in [4.78, 5) is 1.24. The first-order valence-electron chi connectivity index (χ1n) is 5.68. The van der Waals surface area contributed by atoms with Crippen molar-refractivity contribution in [2.75, 3.05) is 11.9 Å². The molecule has 2 N–H and O–H groups in total. The lowest BCUT2D eigenvalue weighted by Crippen LogP contribution is -2.13. The van der Waals surface area contributed by atoms with E-state index in [9.17, 15) is 0 Å². The molecular weight excluding hydrogens is 236 g/mol. The van der Waals surface area contributed by atoms with Gasteiger partial charge in [-0.25, -0.2) is 0 Å². The molecule has 2 aromatic rings. The van der Waals surface area contributed by atoms with Crippen molar-refractivity contribution < 1.29 is 4.42 Å². The number of thiophene rings is 1. The van der Waals surface area contributed by atoms with Crippen LogP contribution in [0.3, 0.4) is 0 Å². The molecule has 0 aromatic carbocycles. The number of hydrogen-bond donors (Lipinski definition) is 2. The highest BCUT2D eigenvalue weighted by atomic mass is 32.1. The fraction of sp³-hybridized carbons (Fsp3) is 0.455. The molecule has 2 aromatic heterocycles. The first-order valence-corrected chi connectivity index (χ1v) is 6.56. The topological polar surface area (TPSA) is 63.0 Å². The van der Waals surface area contributed by atoms with Gasteiger partial charge in [0.25, 0.3) is 0 Å². The maximum Gasteiger partial charge on any atom is 0.315 e. The monoisotopic (exact) mass is 252 g/mol. The summed E-state index contributed by atoms with van der Waals surface area (Å²) in [7, 11) is 0. The minimum atomic E-state index is 0.478. The van der Waals surface area contributed by atoms with Crippen LogP contribution >= 0.6 is 11.3 Å². The Bertz CT molecular complexity index is 426. The molecule has 0 amide bonds. The van der Waals surface area contributed by atoms with Gasteiger partial charge in [0.05, 0.1) is 13.1 Å². The minimum absolute atomic E-state index is 0.478. The third-order valence-corrected chi connectivity index (χ3v) is 3.04. The van der Waals surface area contributed by atoms with E-state index in [0.29, 0.717) is 18.5 Å². The van der Waals surface area contributed by atoms with E-state index in [4.69, 9.17) is 4.42 Å². The molecule has 2 heterocycles. The Morgan fingerprint density at radius 1 is 1.35 bits per heavy atom. The summed E-state index contributed by atoms with van der Waals surface area (Å²) in [6.45, 7) is 4.43. The van der Waals surface area contributed by atoms with Crippen molar-refractivity contribution in [3.05, 3.63) is 28.3 Å². The Morgan fingerprint density at radius 3 is 3.06 bits per heavy atom. The van der Waals surface area contributed by atoms with Crippen LogP contribution in [0.25, 0.3) is 0 Å². The molecule has 0 radical (unpaired) electrons. The molecule has 6 heteroatoms. The molecule has 0 spiro atoms. The van der Waals surface area contributed by atoms with Crippen LogP contribution in [0.4, 0.5) is 6.01 Å². The predicted molar refractivity (Wildman–Crippen MR) is 67.9 cm³/mol. The van der Waals surface area contributed by atoms with Gasteiger partial charge in [-0.2, -0.15) is 0 Å². The Labute approximate surface area is 104 Å². The molecule has 17 heavy (non-hydrogen) atoms. The molecule has 2 rings (SSSR count). The molecule has 92 valence electrons. The average molecular weight is 252 g/mol. The second-order valence-corrected chi connectivity index (χ2v) is 4.64. The van der Waals surface area contributed by atoms with Crippen molar-refractivity contribution in [1.29, 1.82) is 0 Å². The molecule has 0 saturated heterocycles. The van der Waals surface area contributed by atoms with E-state index >= 15 is 0 Å². The molecule has 0 aliphatic rings. The van der Waals surface area contributed by atoms with Gasteiger partial charge in [0, 0.05) is 4.88 Å². The summed E-state index contributed by atoms with van der Waals surface area (Å²) in [6.07, 6.45) is 1.09. The van der Waals surface area contributed by atoms with Crippen LogP contribution in [0, 0.1) is 0 Å². The van der Waals surface area contributed by atoms with E-state index in [1.54, 1.807) is 11.3 Å². The largest absolute Gasteiger partial charge is 0.407 e. The summed E-state index contributed by atoms with van der Waals surface area (Å²) in [5.74, 6) is 0.618. The SMILES string of the molecule is CCCNCc1nnc(NCc2cccs2)o1. The van der Waals surface area contributed by atoms with Crippen molar-refractivity contribution in [2.45, 2.75) is 26.4 Å². The zero-order valence-corrected chi connectivity index (χ0v) is 10.6. The molecule has 0 bridgehead atoms. The van der Waals surface area contributed by atoms with Gasteiger partial charge in [-0.05, 0) is 24.4 Å². The smallest absolute Gasteiger partial charge is 0.315 e. The normalized spacial score (nSPS) is 10.6. The van der Waals surface area contributed by atoms with Crippen molar-refractivity contribution in [3.63, 3.8) is 0 Å². The van der Waals surface area contributed by atoms with Gasteiger partial charge in [0.2, 0.25) is 5.89 Å². The number of nitrogens with zero attached hydrogens (tertiary/aromatic N) is 2. The Balaban J connectivity index is 1.77. The summed E-state index contributed by atoms with van der Waals surface area (Å²) < 4.78 is 5.44. The van der Waals surface area contributed by atoms with Crippen molar-refractivity contribution in [2.24, 2.45) is 0 Å². The first kappa shape index (κ1) is 12.1. The molecule has 0 fully saturated rings. The third kappa shape index (κ3) is 3.83. The lowest BCUT2D eigenvalue weighted by Gasteiger charge is -1.98. The zero-order chi connectivity index (χ0) is 11.9. The Kier molecular flexibility index (Phi) is 4.52. The van der Waals surface area contributed by atoms with Crippen LogP contribution in [-0.4, -0.2) is 16.7 Å². The van der Waals surface area contributed by atoms with Crippen LogP contribution in [0.1, 0.15) is 24.1 Å². The second-order valence-electron chi connectivity index (χ2n) is 3.61. The number of nitrogens with one attached hydrogen (secondary N) is 2. The van der Waals surface area contributed by atoms with Crippen molar-refractivity contribution in [3.8, 4) is 0 Å². The fourth-order valence-corrected chi connectivity index (χ4v) is 1.99. The number of aromatic nitrogens is 2. The summed E-state index contributed by atoms with van der Waals surface area (Å²) in [5, 5.41) is 16.2. The first-order chi connectivity index (χ1) is 8.38. The van der Waals surface area contributed by atoms with E-state index in [0.717, 1.165) is 19.5 Å². The van der Waals surface area contributed by atoms with Gasteiger partial charge in [-0.1, -0.05) is 18.1 Å². The van der Waals surface area contributed by atoms with E-state index in [-0.39, 0.29) is 0 Å². The van der Waals surface area contributed by atoms with Gasteiger partial charge >= 0.3 is 6.01 Å². The van der Waals surface area contributed by atoms with Crippen LogP contribution in [0.15, 0.2) is 21.9 Å². The summed E-state index contributed by atoms with van der Waals surface area (Å²) >= 11 is 1.70. The molecule has 0 aliphatic carbocycles. The predicted octanol–water partition coefficient (Wildman–Crippen LogP) is 2.24. The Morgan fingerprint density at radius 2 is 2.29 bits per heavy atom. The Hall–Kier alpha value is -1.40. The van der Waals surface area contributed by atoms with E-state index < -0.39 is 0 Å². The summed E-state index contributed by atoms with van der Waals surface area (Å²) in [6, 6.07) is 4.57. The van der Waals surface area contributed by atoms with E-state index in [2.05, 4.69) is 33.8 Å². The van der Waals surface area contributed by atoms with E-state index in [1.807, 2.05) is 11.4 Å². The molecule has 0 unspecified atom stereocenters. The molecule has 0 atom stereocenters. The highest BCUT2D eigenvalue weighted by molar-refractivity contribution is 7.09. The van der Waals surface area contributed by atoms with Gasteiger partial charge in [0.15, 0.2) is 0 Å². The highest BCUT2D eigenvalue weighted by Crippen LogP contribution is 2.11. The summed E-state index contributed by atoms with van der Waals surface area (Å²) in [5.41, 5.74) is 0. The lowest BCUT2D eigenvalue weighted by molar-refractivity contribution is 0.477. The standard InChI is InChI=1S/C11H16N4OS/c1-2-5-12-8-10-14-15-11(16-10)13-7-9-4-3-6-17-9/h3-4,6,12H,2,5,7-8H2,1H3,(H,13,15). The fourth-order valence-electron chi connectivity index (χ4n) is 1.34. The molecule has 5 nitrogen and oxygen atoms in total. The van der Waals surface area contributed by atoms with Crippen LogP contribution in [0.5, 0.6) is 0 Å². The molecule has 0 aliphatic heterocycles. The third-order valence-electron chi connectivity index (χ3n) is 2.16. The maximum atomic E-state index is 5.44. The van der Waals surface area contributed by atoms with Gasteiger partial charge in [-0.3, -0.25) is 0 Å². The van der Waals surface area contributed by atoms with Crippen LogP contribution in [-0.2, 0) is 13.1 Å². The van der Waals surface area contributed by atoms with Crippen molar-refractivity contribution in [1.82, 2.24) is 15.5 Å². The van der Waals surface area contributed by atoms with Gasteiger partial charge in [0.1, 0.15) is 0 Å². The molecular formula is C11H16N4OS. The van der Waals surface area contributed by atoms with Gasteiger partial charge < -0.3 is 15.1 Å². The quantitative estimate of drug-likeness (QED) is 0.740. The van der Waals surface area contributed by atoms with Crippen LogP contribution < -0.4 is 10.6 Å². The average Bonchev–Trinajstić information content (AvgIpc) is 2.98. The zero-order valence-electron chi connectivity index (χ0n) is 9.77. The second kappa shape index (κ2) is 6.36. The molecule has 0 saturated carbocycles. The highest BCUT2D eigenvalue weighted by Gasteiger charge is 2.04. The lowest BCUT2D eigenvalue weighted by atomic mass is 10.5. The number of rotatable bonds is 7. The van der Waals surface area contributed by atoms with Crippen LogP contribution in [0.2, 0.25) is 0 Å². The number of anilines is 1. The van der Waals surface area contributed by atoms with Crippen molar-refractivity contribution >= 4 is 17.4 Å². The number of hydrogen-bond acceptors (Lipinski definition) is 6. The van der Waals surface area contributed by atoms with Gasteiger partial charge in [-0.15, -0.1) is 16.4 Å². The maximum absolute atomic E-state index is 5.44.